The summed E-state index contributed by atoms with van der Waals surface area (Å²) in [5.41, 5.74) is 7.32. The molecule has 0 aliphatic carbocycles. The van der Waals surface area contributed by atoms with Crippen LogP contribution in [0.15, 0.2) is 18.2 Å². The molecule has 0 spiro atoms. The molecule has 0 aliphatic heterocycles. The van der Waals surface area contributed by atoms with Gasteiger partial charge in [0.1, 0.15) is 0 Å². The predicted octanol–water partition coefficient (Wildman–Crippen LogP) is 3.71. The molecule has 4 heteroatoms. The summed E-state index contributed by atoms with van der Waals surface area (Å²) in [5, 5.41) is 0. The molecule has 0 heterocycles. The molecule has 1 aromatic carbocycles. The minimum Gasteiger partial charge on any atom is -0.493 e. The Morgan fingerprint density at radius 2 is 1.65 bits per heavy atom. The van der Waals surface area contributed by atoms with Crippen molar-refractivity contribution in [3.63, 3.8) is 0 Å². The molecule has 0 saturated carbocycles. The summed E-state index contributed by atoms with van der Waals surface area (Å²) in [4.78, 5) is 2.49. The molecule has 4 nitrogen and oxygen atoms in total. The van der Waals surface area contributed by atoms with Crippen LogP contribution in [-0.4, -0.2) is 38.3 Å². The van der Waals surface area contributed by atoms with Crippen LogP contribution in [0.2, 0.25) is 0 Å². The average molecular weight is 322 g/mol. The number of nitrogens with two attached hydrogens (primary N) is 1. The SMILES string of the molecule is CCOc1ccc(C(CN)N(CC(C)C)CC(C)C)cc1OC. The Bertz CT molecular complexity index is 451. The number of hydrogen-bond acceptors (Lipinski definition) is 4. The molecule has 23 heavy (non-hydrogen) atoms. The second-order valence-corrected chi connectivity index (χ2v) is 6.84. The molecule has 1 aromatic rings. The lowest BCUT2D eigenvalue weighted by molar-refractivity contribution is 0.160. The molecule has 0 aliphatic rings. The fraction of sp³-hybridized carbons (Fsp3) is 0.684. The van der Waals surface area contributed by atoms with Crippen molar-refractivity contribution in [2.75, 3.05) is 33.4 Å². The number of benzene rings is 1. The van der Waals surface area contributed by atoms with E-state index in [1.807, 2.05) is 13.0 Å². The molecule has 0 saturated heterocycles. The Hall–Kier alpha value is -1.26. The van der Waals surface area contributed by atoms with Crippen LogP contribution in [0.5, 0.6) is 11.5 Å². The van der Waals surface area contributed by atoms with Crippen molar-refractivity contribution in [3.8, 4) is 11.5 Å². The van der Waals surface area contributed by atoms with Gasteiger partial charge < -0.3 is 15.2 Å². The monoisotopic (exact) mass is 322 g/mol. The number of hydrogen-bond donors (Lipinski definition) is 1. The predicted molar refractivity (Wildman–Crippen MR) is 97.2 cm³/mol. The third kappa shape index (κ3) is 6.04. The lowest BCUT2D eigenvalue weighted by Crippen LogP contribution is -2.38. The van der Waals surface area contributed by atoms with E-state index in [9.17, 15) is 0 Å². The maximum Gasteiger partial charge on any atom is 0.161 e. The first-order chi connectivity index (χ1) is 10.9. The van der Waals surface area contributed by atoms with Crippen LogP contribution in [0.4, 0.5) is 0 Å². The van der Waals surface area contributed by atoms with Crippen LogP contribution in [-0.2, 0) is 0 Å². The Balaban J connectivity index is 3.09. The van der Waals surface area contributed by atoms with E-state index in [1.165, 1.54) is 5.56 Å². The molecule has 0 fully saturated rings. The van der Waals surface area contributed by atoms with Crippen molar-refractivity contribution in [2.45, 2.75) is 40.7 Å². The first-order valence-corrected chi connectivity index (χ1v) is 8.67. The van der Waals surface area contributed by atoms with Crippen molar-refractivity contribution in [3.05, 3.63) is 23.8 Å². The third-order valence-corrected chi connectivity index (χ3v) is 3.74. The smallest absolute Gasteiger partial charge is 0.161 e. The molecule has 0 aromatic heterocycles. The second kappa shape index (κ2) is 9.78. The molecule has 1 unspecified atom stereocenters. The number of methoxy groups -OCH3 is 1. The third-order valence-electron chi connectivity index (χ3n) is 3.74. The summed E-state index contributed by atoms with van der Waals surface area (Å²) < 4.78 is 11.1. The van der Waals surface area contributed by atoms with E-state index in [0.717, 1.165) is 24.6 Å². The van der Waals surface area contributed by atoms with Crippen LogP contribution in [0.1, 0.15) is 46.2 Å². The highest BCUT2D eigenvalue weighted by atomic mass is 16.5. The van der Waals surface area contributed by atoms with E-state index in [2.05, 4.69) is 44.7 Å². The molecular weight excluding hydrogens is 288 g/mol. The summed E-state index contributed by atoms with van der Waals surface area (Å²) in [6.07, 6.45) is 0. The van der Waals surface area contributed by atoms with Gasteiger partial charge in [-0.25, -0.2) is 0 Å². The van der Waals surface area contributed by atoms with Gasteiger partial charge in [-0.2, -0.15) is 0 Å². The topological polar surface area (TPSA) is 47.7 Å². The maximum absolute atomic E-state index is 6.13. The van der Waals surface area contributed by atoms with Crippen LogP contribution < -0.4 is 15.2 Å². The van der Waals surface area contributed by atoms with E-state index >= 15 is 0 Å². The van der Waals surface area contributed by atoms with Gasteiger partial charge in [-0.05, 0) is 36.5 Å². The van der Waals surface area contributed by atoms with Crippen molar-refractivity contribution in [1.82, 2.24) is 4.90 Å². The fourth-order valence-electron chi connectivity index (χ4n) is 2.93. The Kier molecular flexibility index (Phi) is 8.42. The van der Waals surface area contributed by atoms with Gasteiger partial charge in [0.2, 0.25) is 0 Å². The van der Waals surface area contributed by atoms with Crippen molar-refractivity contribution in [2.24, 2.45) is 17.6 Å². The van der Waals surface area contributed by atoms with Crippen LogP contribution >= 0.6 is 0 Å². The number of ether oxygens (including phenoxy) is 2. The van der Waals surface area contributed by atoms with E-state index in [-0.39, 0.29) is 6.04 Å². The molecule has 1 rings (SSSR count). The molecule has 0 amide bonds. The van der Waals surface area contributed by atoms with Gasteiger partial charge in [-0.15, -0.1) is 0 Å². The summed E-state index contributed by atoms with van der Waals surface area (Å²) in [6, 6.07) is 6.36. The molecule has 1 atom stereocenters. The highest BCUT2D eigenvalue weighted by Gasteiger charge is 2.22. The van der Waals surface area contributed by atoms with Gasteiger partial charge in [0, 0.05) is 25.7 Å². The molecule has 0 radical (unpaired) electrons. The normalized spacial score (nSPS) is 13.0. The fourth-order valence-corrected chi connectivity index (χ4v) is 2.93. The highest BCUT2D eigenvalue weighted by Crippen LogP contribution is 2.32. The van der Waals surface area contributed by atoms with Gasteiger partial charge in [0.25, 0.3) is 0 Å². The van der Waals surface area contributed by atoms with Crippen LogP contribution in [0.3, 0.4) is 0 Å². The Morgan fingerprint density at radius 1 is 1.04 bits per heavy atom. The number of rotatable bonds is 10. The largest absolute Gasteiger partial charge is 0.493 e. The van der Waals surface area contributed by atoms with Crippen molar-refractivity contribution in [1.29, 1.82) is 0 Å². The number of nitrogens with zero attached hydrogens (tertiary/aromatic N) is 1. The minimum atomic E-state index is 0.198. The van der Waals surface area contributed by atoms with Gasteiger partial charge in [0.05, 0.1) is 13.7 Å². The lowest BCUT2D eigenvalue weighted by atomic mass is 10.0. The van der Waals surface area contributed by atoms with Crippen LogP contribution in [0.25, 0.3) is 0 Å². The van der Waals surface area contributed by atoms with Gasteiger partial charge >= 0.3 is 0 Å². The van der Waals surface area contributed by atoms with Gasteiger partial charge in [0.15, 0.2) is 11.5 Å². The zero-order chi connectivity index (χ0) is 17.4. The van der Waals surface area contributed by atoms with Gasteiger partial charge in [-0.1, -0.05) is 33.8 Å². The first-order valence-electron chi connectivity index (χ1n) is 8.67. The molecule has 0 bridgehead atoms. The van der Waals surface area contributed by atoms with Crippen LogP contribution in [0, 0.1) is 11.8 Å². The van der Waals surface area contributed by atoms with E-state index < -0.39 is 0 Å². The summed E-state index contributed by atoms with van der Waals surface area (Å²) in [5.74, 6) is 2.77. The summed E-state index contributed by atoms with van der Waals surface area (Å²) in [6.45, 7) is 14.3. The zero-order valence-electron chi connectivity index (χ0n) is 15.6. The molecule has 132 valence electrons. The van der Waals surface area contributed by atoms with Crippen molar-refractivity contribution < 1.29 is 9.47 Å². The standard InChI is InChI=1S/C19H34N2O2/c1-7-23-18-9-8-16(10-19(18)22-6)17(11-20)21(12-14(2)3)13-15(4)5/h8-10,14-15,17H,7,11-13,20H2,1-6H3. The van der Waals surface area contributed by atoms with Gasteiger partial charge in [-0.3, -0.25) is 4.90 Å². The summed E-state index contributed by atoms with van der Waals surface area (Å²) >= 11 is 0. The molecule has 2 N–H and O–H groups in total. The first kappa shape index (κ1) is 19.8. The maximum atomic E-state index is 6.13. The quantitative estimate of drug-likeness (QED) is 0.713. The highest BCUT2D eigenvalue weighted by molar-refractivity contribution is 5.44. The minimum absolute atomic E-state index is 0.198. The Labute approximate surface area is 142 Å². The average Bonchev–Trinajstić information content (AvgIpc) is 2.48. The zero-order valence-corrected chi connectivity index (χ0v) is 15.6. The second-order valence-electron chi connectivity index (χ2n) is 6.84. The van der Waals surface area contributed by atoms with E-state index in [1.54, 1.807) is 7.11 Å². The van der Waals surface area contributed by atoms with E-state index in [0.29, 0.717) is 25.0 Å². The lowest BCUT2D eigenvalue weighted by Gasteiger charge is -2.34. The van der Waals surface area contributed by atoms with E-state index in [4.69, 9.17) is 15.2 Å². The Morgan fingerprint density at radius 3 is 2.09 bits per heavy atom. The summed E-state index contributed by atoms with van der Waals surface area (Å²) in [7, 11) is 1.68. The van der Waals surface area contributed by atoms with Crippen molar-refractivity contribution >= 4 is 0 Å². The molecular formula is C19H34N2O2.